The van der Waals surface area contributed by atoms with Crippen molar-refractivity contribution in [1.29, 1.82) is 0 Å². The average Bonchev–Trinajstić information content (AvgIpc) is 3.09. The maximum atomic E-state index is 13.3. The van der Waals surface area contributed by atoms with Gasteiger partial charge in [-0.05, 0) is 31.7 Å². The molecule has 0 radical (unpaired) electrons. The number of nitrogens with one attached hydrogen (secondary N) is 1. The highest BCUT2D eigenvalue weighted by molar-refractivity contribution is 6.06. The zero-order valence-electron chi connectivity index (χ0n) is 16.1. The third-order valence-electron chi connectivity index (χ3n) is 4.90. The van der Waals surface area contributed by atoms with Crippen molar-refractivity contribution in [2.45, 2.75) is 39.5 Å². The van der Waals surface area contributed by atoms with E-state index in [1.165, 1.54) is 0 Å². The average molecular weight is 373 g/mol. The summed E-state index contributed by atoms with van der Waals surface area (Å²) in [6.07, 6.45) is 1.57. The second-order valence-electron chi connectivity index (χ2n) is 7.38. The van der Waals surface area contributed by atoms with Gasteiger partial charge in [-0.1, -0.05) is 19.0 Å². The first-order chi connectivity index (χ1) is 12.9. The Kier molecular flexibility index (Phi) is 5.74. The molecule has 0 saturated carbocycles. The minimum atomic E-state index is -0.209. The molecule has 1 aliphatic heterocycles. The van der Waals surface area contributed by atoms with Crippen molar-refractivity contribution in [3.63, 3.8) is 0 Å². The third kappa shape index (κ3) is 3.95. The van der Waals surface area contributed by atoms with Gasteiger partial charge in [-0.15, -0.1) is 0 Å². The van der Waals surface area contributed by atoms with Gasteiger partial charge in [-0.3, -0.25) is 9.59 Å². The van der Waals surface area contributed by atoms with Gasteiger partial charge in [-0.2, -0.15) is 0 Å². The number of aryl methyl sites for hydroxylation is 1. The summed E-state index contributed by atoms with van der Waals surface area (Å²) in [5, 5.41) is 7.62. The zero-order valence-corrected chi connectivity index (χ0v) is 16.1. The summed E-state index contributed by atoms with van der Waals surface area (Å²) < 4.78 is 5.37. The van der Waals surface area contributed by atoms with Crippen LogP contribution in [-0.4, -0.2) is 53.0 Å². The minimum Gasteiger partial charge on any atom is -0.355 e. The van der Waals surface area contributed by atoms with Gasteiger partial charge >= 0.3 is 0 Å². The van der Waals surface area contributed by atoms with Crippen molar-refractivity contribution in [1.82, 2.24) is 20.4 Å². The molecule has 0 bridgehead atoms. The van der Waals surface area contributed by atoms with E-state index < -0.39 is 0 Å². The maximum Gasteiger partial charge on any atom is 0.259 e. The van der Waals surface area contributed by atoms with Gasteiger partial charge in [0.1, 0.15) is 0 Å². The van der Waals surface area contributed by atoms with Crippen molar-refractivity contribution >= 4 is 22.9 Å². The highest BCUT2D eigenvalue weighted by Crippen LogP contribution is 2.29. The Hall–Kier alpha value is -2.48. The summed E-state index contributed by atoms with van der Waals surface area (Å²) in [6.45, 7) is 7.72. The number of piperidine rings is 1. The summed E-state index contributed by atoms with van der Waals surface area (Å²) in [4.78, 5) is 31.7. The smallest absolute Gasteiger partial charge is 0.259 e. The highest BCUT2D eigenvalue weighted by Gasteiger charge is 2.31. The first-order valence-electron chi connectivity index (χ1n) is 9.46. The standard InChI is InChI=1S/C19H27N5O3/c1-11(2)16-15-14(9-12(3)22-18(15)27-23-16)19(26)24-8-4-5-13(10-24)17(25)21-7-6-20/h9,11,13H,4-8,10,20H2,1-3H3,(H,21,25). The molecule has 2 amide bonds. The molecule has 1 saturated heterocycles. The van der Waals surface area contributed by atoms with Gasteiger partial charge in [-0.25, -0.2) is 4.98 Å². The Morgan fingerprint density at radius 2 is 2.22 bits per heavy atom. The molecule has 0 aromatic carbocycles. The molecule has 1 unspecified atom stereocenters. The number of nitrogens with two attached hydrogens (primary N) is 1. The van der Waals surface area contributed by atoms with Crippen LogP contribution < -0.4 is 11.1 Å². The summed E-state index contributed by atoms with van der Waals surface area (Å²) in [5.74, 6) is -0.244. The Labute approximate surface area is 158 Å². The molecule has 3 rings (SSSR count). The van der Waals surface area contributed by atoms with Crippen molar-refractivity contribution in [3.8, 4) is 0 Å². The lowest BCUT2D eigenvalue weighted by molar-refractivity contribution is -0.126. The van der Waals surface area contributed by atoms with Crippen molar-refractivity contribution in [2.75, 3.05) is 26.2 Å². The Balaban J connectivity index is 1.89. The number of hydrogen-bond acceptors (Lipinski definition) is 6. The van der Waals surface area contributed by atoms with E-state index in [-0.39, 0.29) is 23.7 Å². The zero-order chi connectivity index (χ0) is 19.6. The summed E-state index contributed by atoms with van der Waals surface area (Å²) in [7, 11) is 0. The maximum absolute atomic E-state index is 13.3. The number of carbonyl (C=O) groups excluding carboxylic acids is 2. The lowest BCUT2D eigenvalue weighted by Gasteiger charge is -2.32. The van der Waals surface area contributed by atoms with Gasteiger partial charge in [0, 0.05) is 31.9 Å². The molecule has 3 N–H and O–H groups in total. The van der Waals surface area contributed by atoms with Crippen LogP contribution in [0.4, 0.5) is 0 Å². The number of pyridine rings is 1. The van der Waals surface area contributed by atoms with E-state index in [2.05, 4.69) is 15.5 Å². The van der Waals surface area contributed by atoms with E-state index in [1.807, 2.05) is 20.8 Å². The van der Waals surface area contributed by atoms with Gasteiger partial charge in [0.05, 0.1) is 22.6 Å². The van der Waals surface area contributed by atoms with E-state index in [0.717, 1.165) is 18.5 Å². The summed E-state index contributed by atoms with van der Waals surface area (Å²) in [5.41, 5.74) is 7.82. The van der Waals surface area contributed by atoms with E-state index in [9.17, 15) is 9.59 Å². The van der Waals surface area contributed by atoms with Gasteiger partial charge < -0.3 is 20.5 Å². The molecular formula is C19H27N5O3. The molecule has 2 aromatic heterocycles. The number of aromatic nitrogens is 2. The van der Waals surface area contributed by atoms with Crippen LogP contribution in [0.5, 0.6) is 0 Å². The molecule has 3 heterocycles. The molecule has 1 fully saturated rings. The van der Waals surface area contributed by atoms with Crippen LogP contribution in [0.25, 0.3) is 11.1 Å². The molecule has 146 valence electrons. The fourth-order valence-corrected chi connectivity index (χ4v) is 3.54. The Morgan fingerprint density at radius 1 is 1.44 bits per heavy atom. The van der Waals surface area contributed by atoms with E-state index in [0.29, 0.717) is 48.5 Å². The molecule has 27 heavy (non-hydrogen) atoms. The van der Waals surface area contributed by atoms with Gasteiger partial charge in [0.2, 0.25) is 5.91 Å². The van der Waals surface area contributed by atoms with E-state index in [4.69, 9.17) is 10.3 Å². The molecule has 8 nitrogen and oxygen atoms in total. The first kappa shape index (κ1) is 19.3. The van der Waals surface area contributed by atoms with Crippen LogP contribution >= 0.6 is 0 Å². The number of carbonyl (C=O) groups is 2. The third-order valence-corrected chi connectivity index (χ3v) is 4.90. The normalized spacial score (nSPS) is 17.5. The number of hydrogen-bond donors (Lipinski definition) is 2. The number of nitrogens with zero attached hydrogens (tertiary/aromatic N) is 3. The fourth-order valence-electron chi connectivity index (χ4n) is 3.54. The number of likely N-dealkylation sites (tertiary alicyclic amines) is 1. The topological polar surface area (TPSA) is 114 Å². The highest BCUT2D eigenvalue weighted by atomic mass is 16.5. The van der Waals surface area contributed by atoms with Crippen LogP contribution in [-0.2, 0) is 4.79 Å². The van der Waals surface area contributed by atoms with Crippen LogP contribution in [0.1, 0.15) is 54.4 Å². The molecule has 8 heteroatoms. The summed E-state index contributed by atoms with van der Waals surface area (Å²) >= 11 is 0. The SMILES string of the molecule is Cc1cc(C(=O)N2CCCC(C(=O)NCCN)C2)c2c(C(C)C)noc2n1. The van der Waals surface area contributed by atoms with Crippen molar-refractivity contribution < 1.29 is 14.1 Å². The lowest BCUT2D eigenvalue weighted by Crippen LogP contribution is -2.46. The Bertz CT molecular complexity index is 845. The molecular weight excluding hydrogens is 346 g/mol. The van der Waals surface area contributed by atoms with Crippen LogP contribution in [0, 0.1) is 12.8 Å². The number of amides is 2. The van der Waals surface area contributed by atoms with Crippen LogP contribution in [0.3, 0.4) is 0 Å². The second kappa shape index (κ2) is 8.04. The van der Waals surface area contributed by atoms with Gasteiger partial charge in [0.15, 0.2) is 0 Å². The van der Waals surface area contributed by atoms with Gasteiger partial charge in [0.25, 0.3) is 11.6 Å². The van der Waals surface area contributed by atoms with Crippen molar-refractivity contribution in [2.24, 2.45) is 11.7 Å². The molecule has 1 aliphatic rings. The lowest BCUT2D eigenvalue weighted by atomic mass is 9.95. The number of fused-ring (bicyclic) bond motifs is 1. The van der Waals surface area contributed by atoms with Crippen LogP contribution in [0.2, 0.25) is 0 Å². The second-order valence-corrected chi connectivity index (χ2v) is 7.38. The number of rotatable bonds is 5. The van der Waals surface area contributed by atoms with E-state index >= 15 is 0 Å². The molecule has 2 aromatic rings. The van der Waals surface area contributed by atoms with Crippen molar-refractivity contribution in [3.05, 3.63) is 23.0 Å². The fraction of sp³-hybridized carbons (Fsp3) is 0.579. The molecule has 1 atom stereocenters. The quantitative estimate of drug-likeness (QED) is 0.822. The molecule has 0 aliphatic carbocycles. The minimum absolute atomic E-state index is 0.0400. The summed E-state index contributed by atoms with van der Waals surface area (Å²) in [6, 6.07) is 1.78. The first-order valence-corrected chi connectivity index (χ1v) is 9.46. The predicted molar refractivity (Wildman–Crippen MR) is 101 cm³/mol. The Morgan fingerprint density at radius 3 is 2.93 bits per heavy atom. The molecule has 0 spiro atoms. The predicted octanol–water partition coefficient (Wildman–Crippen LogP) is 1.58. The largest absolute Gasteiger partial charge is 0.355 e. The monoisotopic (exact) mass is 373 g/mol. The van der Waals surface area contributed by atoms with E-state index in [1.54, 1.807) is 11.0 Å². The van der Waals surface area contributed by atoms with Crippen LogP contribution in [0.15, 0.2) is 10.6 Å².